The van der Waals surface area contributed by atoms with Crippen molar-refractivity contribution < 1.29 is 14.6 Å². The molecule has 0 radical (unpaired) electrons. The summed E-state index contributed by atoms with van der Waals surface area (Å²) in [6, 6.07) is 7.72. The van der Waals surface area contributed by atoms with Crippen molar-refractivity contribution in [2.45, 2.75) is 38.8 Å². The zero-order valence-electron chi connectivity index (χ0n) is 12.8. The maximum absolute atomic E-state index is 10.4. The lowest BCUT2D eigenvalue weighted by Gasteiger charge is -2.23. The Hall–Kier alpha value is -1.10. The molecule has 114 valence electrons. The maximum Gasteiger partial charge on any atom is 0.119 e. The summed E-state index contributed by atoms with van der Waals surface area (Å²) >= 11 is 0. The van der Waals surface area contributed by atoms with Crippen LogP contribution in [0.15, 0.2) is 24.3 Å². The van der Waals surface area contributed by atoms with Crippen LogP contribution < -0.4 is 10.1 Å². The zero-order chi connectivity index (χ0) is 14.8. The highest BCUT2D eigenvalue weighted by atomic mass is 16.5. The average Bonchev–Trinajstić information content (AvgIpc) is 2.48. The first-order valence-corrected chi connectivity index (χ1v) is 7.36. The third-order valence-corrected chi connectivity index (χ3v) is 3.29. The van der Waals surface area contributed by atoms with Crippen molar-refractivity contribution in [3.8, 4) is 5.75 Å². The number of hydrogen-bond acceptors (Lipinski definition) is 4. The molecule has 1 aromatic rings. The Morgan fingerprint density at radius 2 is 1.90 bits per heavy atom. The van der Waals surface area contributed by atoms with Gasteiger partial charge in [-0.15, -0.1) is 0 Å². The van der Waals surface area contributed by atoms with Gasteiger partial charge in [0.2, 0.25) is 0 Å². The van der Waals surface area contributed by atoms with Crippen molar-refractivity contribution in [1.82, 2.24) is 5.32 Å². The molecule has 0 aliphatic carbocycles. The van der Waals surface area contributed by atoms with Crippen LogP contribution in [-0.4, -0.2) is 38.0 Å². The molecule has 0 spiro atoms. The summed E-state index contributed by atoms with van der Waals surface area (Å²) < 4.78 is 10.4. The Morgan fingerprint density at radius 1 is 1.20 bits per heavy atom. The smallest absolute Gasteiger partial charge is 0.119 e. The zero-order valence-corrected chi connectivity index (χ0v) is 12.8. The van der Waals surface area contributed by atoms with Gasteiger partial charge in [-0.1, -0.05) is 19.1 Å². The van der Waals surface area contributed by atoms with Crippen LogP contribution in [0, 0.1) is 0 Å². The van der Waals surface area contributed by atoms with Gasteiger partial charge in [0.15, 0.2) is 0 Å². The molecule has 2 atom stereocenters. The Morgan fingerprint density at radius 3 is 2.45 bits per heavy atom. The number of methoxy groups -OCH3 is 1. The summed E-state index contributed by atoms with van der Waals surface area (Å²) in [5, 5.41) is 13.8. The largest absolute Gasteiger partial charge is 0.494 e. The van der Waals surface area contributed by atoms with E-state index in [4.69, 9.17) is 9.47 Å². The molecule has 0 fully saturated rings. The summed E-state index contributed by atoms with van der Waals surface area (Å²) in [4.78, 5) is 0. The van der Waals surface area contributed by atoms with Gasteiger partial charge in [-0.3, -0.25) is 0 Å². The van der Waals surface area contributed by atoms with Gasteiger partial charge in [0.1, 0.15) is 5.75 Å². The molecular weight excluding hydrogens is 254 g/mol. The third-order valence-electron chi connectivity index (χ3n) is 3.29. The predicted octanol–water partition coefficient (Wildman–Crippen LogP) is 2.52. The fraction of sp³-hybridized carbons (Fsp3) is 0.625. The molecule has 0 heterocycles. The fourth-order valence-corrected chi connectivity index (χ4v) is 2.14. The molecule has 0 aliphatic heterocycles. The molecule has 0 amide bonds. The predicted molar refractivity (Wildman–Crippen MR) is 81.1 cm³/mol. The van der Waals surface area contributed by atoms with Gasteiger partial charge in [-0.05, 0) is 44.0 Å². The van der Waals surface area contributed by atoms with Gasteiger partial charge in [0, 0.05) is 19.8 Å². The van der Waals surface area contributed by atoms with E-state index in [1.165, 1.54) is 0 Å². The molecule has 4 heteroatoms. The van der Waals surface area contributed by atoms with E-state index in [9.17, 15) is 5.11 Å². The van der Waals surface area contributed by atoms with E-state index in [2.05, 4.69) is 12.2 Å². The normalized spacial score (nSPS) is 14.0. The Kier molecular flexibility index (Phi) is 8.26. The lowest BCUT2D eigenvalue weighted by atomic mass is 10.00. The monoisotopic (exact) mass is 281 g/mol. The minimum atomic E-state index is -0.502. The van der Waals surface area contributed by atoms with Crippen LogP contribution in [0.1, 0.15) is 38.4 Å². The lowest BCUT2D eigenvalue weighted by molar-refractivity contribution is 0.123. The van der Waals surface area contributed by atoms with Crippen LogP contribution in [0.5, 0.6) is 5.75 Å². The molecule has 1 rings (SSSR count). The number of aliphatic hydroxyl groups is 1. The standard InChI is InChI=1S/C16H27NO3/c1-4-15(17-11-6-12-19-3)16(18)13-7-9-14(10-8-13)20-5-2/h7-10,15-18H,4-6,11-12H2,1-3H3. The number of hydrogen-bond donors (Lipinski definition) is 2. The highest BCUT2D eigenvalue weighted by Gasteiger charge is 2.18. The van der Waals surface area contributed by atoms with Gasteiger partial charge in [-0.25, -0.2) is 0 Å². The second-order valence-corrected chi connectivity index (χ2v) is 4.76. The van der Waals surface area contributed by atoms with Crippen LogP contribution >= 0.6 is 0 Å². The van der Waals surface area contributed by atoms with E-state index in [-0.39, 0.29) is 6.04 Å². The van der Waals surface area contributed by atoms with Gasteiger partial charge in [-0.2, -0.15) is 0 Å². The SMILES string of the molecule is CCOc1ccc(C(O)C(CC)NCCCOC)cc1. The van der Waals surface area contributed by atoms with Crippen molar-refractivity contribution in [3.63, 3.8) is 0 Å². The Bertz CT molecular complexity index is 353. The lowest BCUT2D eigenvalue weighted by Crippen LogP contribution is -2.35. The minimum Gasteiger partial charge on any atom is -0.494 e. The number of aliphatic hydroxyl groups excluding tert-OH is 1. The molecule has 20 heavy (non-hydrogen) atoms. The first kappa shape index (κ1) is 17.0. The van der Waals surface area contributed by atoms with Crippen molar-refractivity contribution >= 4 is 0 Å². The topological polar surface area (TPSA) is 50.7 Å². The van der Waals surface area contributed by atoms with Crippen molar-refractivity contribution in [1.29, 1.82) is 0 Å². The summed E-state index contributed by atoms with van der Waals surface area (Å²) in [7, 11) is 1.70. The number of rotatable bonds is 10. The first-order chi connectivity index (χ1) is 9.72. The molecule has 1 aromatic carbocycles. The van der Waals surface area contributed by atoms with Crippen molar-refractivity contribution in [2.75, 3.05) is 26.9 Å². The van der Waals surface area contributed by atoms with Gasteiger partial charge in [0.25, 0.3) is 0 Å². The first-order valence-electron chi connectivity index (χ1n) is 7.36. The van der Waals surface area contributed by atoms with E-state index < -0.39 is 6.10 Å². The third kappa shape index (κ3) is 5.49. The summed E-state index contributed by atoms with van der Waals surface area (Å²) in [6.45, 7) is 6.27. The van der Waals surface area contributed by atoms with E-state index in [0.29, 0.717) is 6.61 Å². The maximum atomic E-state index is 10.4. The van der Waals surface area contributed by atoms with Crippen LogP contribution in [0.25, 0.3) is 0 Å². The molecule has 0 saturated heterocycles. The molecule has 2 N–H and O–H groups in total. The average molecular weight is 281 g/mol. The molecule has 4 nitrogen and oxygen atoms in total. The van der Waals surface area contributed by atoms with Crippen molar-refractivity contribution in [3.05, 3.63) is 29.8 Å². The highest BCUT2D eigenvalue weighted by Crippen LogP contribution is 2.21. The molecule has 0 aromatic heterocycles. The molecule has 2 unspecified atom stereocenters. The molecule has 0 bridgehead atoms. The van der Waals surface area contributed by atoms with E-state index >= 15 is 0 Å². The quantitative estimate of drug-likeness (QED) is 0.647. The van der Waals surface area contributed by atoms with Crippen molar-refractivity contribution in [2.24, 2.45) is 0 Å². The van der Waals surface area contributed by atoms with E-state index in [1.807, 2.05) is 31.2 Å². The molecule has 0 aliphatic rings. The van der Waals surface area contributed by atoms with Crippen LogP contribution in [0.2, 0.25) is 0 Å². The molecule has 0 saturated carbocycles. The number of benzene rings is 1. The Balaban J connectivity index is 2.53. The number of nitrogens with one attached hydrogen (secondary N) is 1. The van der Waals surface area contributed by atoms with Gasteiger partial charge < -0.3 is 19.9 Å². The minimum absolute atomic E-state index is 0.0600. The van der Waals surface area contributed by atoms with E-state index in [1.54, 1.807) is 7.11 Å². The van der Waals surface area contributed by atoms with Gasteiger partial charge >= 0.3 is 0 Å². The van der Waals surface area contributed by atoms with Crippen LogP contribution in [-0.2, 0) is 4.74 Å². The highest BCUT2D eigenvalue weighted by molar-refractivity contribution is 5.29. The fourth-order valence-electron chi connectivity index (χ4n) is 2.14. The van der Waals surface area contributed by atoms with Crippen LogP contribution in [0.4, 0.5) is 0 Å². The second-order valence-electron chi connectivity index (χ2n) is 4.76. The molecular formula is C16H27NO3. The van der Waals surface area contributed by atoms with Crippen LogP contribution in [0.3, 0.4) is 0 Å². The summed E-state index contributed by atoms with van der Waals surface area (Å²) in [5.74, 6) is 0.838. The Labute approximate surface area is 122 Å². The van der Waals surface area contributed by atoms with Gasteiger partial charge in [0.05, 0.1) is 12.7 Å². The summed E-state index contributed by atoms with van der Waals surface area (Å²) in [5.41, 5.74) is 0.916. The number of ether oxygens (including phenoxy) is 2. The van der Waals surface area contributed by atoms with E-state index in [0.717, 1.165) is 37.3 Å². The second kappa shape index (κ2) is 9.75. The summed E-state index contributed by atoms with van der Waals surface area (Å²) in [6.07, 6.45) is 1.32.